The van der Waals surface area contributed by atoms with Crippen molar-refractivity contribution in [3.63, 3.8) is 0 Å². The van der Waals surface area contributed by atoms with Gasteiger partial charge in [0.05, 0.1) is 18.0 Å². The van der Waals surface area contributed by atoms with Crippen LogP contribution in [0, 0.1) is 20.8 Å². The molecular weight excluding hydrogens is 472 g/mol. The van der Waals surface area contributed by atoms with Gasteiger partial charge < -0.3 is 10.4 Å². The van der Waals surface area contributed by atoms with Crippen LogP contribution in [0.25, 0.3) is 0 Å². The molecule has 1 aliphatic heterocycles. The quantitative estimate of drug-likeness (QED) is 0.323. The summed E-state index contributed by atoms with van der Waals surface area (Å²) in [5, 5.41) is 18.6. The first kappa shape index (κ1) is 25.8. The third kappa shape index (κ3) is 6.46. The van der Waals surface area contributed by atoms with Gasteiger partial charge in [0, 0.05) is 25.2 Å². The molecule has 2 heterocycles. The van der Waals surface area contributed by atoms with Crippen LogP contribution < -0.4 is 10.7 Å². The Morgan fingerprint density at radius 3 is 2.58 bits per heavy atom. The zero-order chi connectivity index (χ0) is 25.7. The smallest absolute Gasteiger partial charge is 0.283 e. The zero-order valence-corrected chi connectivity index (χ0v) is 21.7. The minimum atomic E-state index is -0.371. The standard InChI is InChI=1S/C28H32N4O3S/c1-18-7-8-21(13-19(18)2)15-29-31-28(35)26-25(20(3)17-36-26)30-27(34)23-6-4-5-22(14-23)16-32-11-9-24(33)10-12-32/h4-8,13-15,17,24,33H,9-12,16H2,1-3H3,(H,30,34)(H,31,35). The Balaban J connectivity index is 1.41. The molecule has 0 saturated carbocycles. The highest BCUT2D eigenvalue weighted by Gasteiger charge is 2.20. The second kappa shape index (κ2) is 11.6. The number of hydrazone groups is 1. The number of aliphatic hydroxyl groups is 1. The lowest BCUT2D eigenvalue weighted by atomic mass is 10.1. The molecule has 0 unspecified atom stereocenters. The first-order chi connectivity index (χ1) is 17.3. The van der Waals surface area contributed by atoms with E-state index in [1.165, 1.54) is 16.9 Å². The van der Waals surface area contributed by atoms with Gasteiger partial charge in [0.2, 0.25) is 0 Å². The van der Waals surface area contributed by atoms with E-state index in [2.05, 4.69) is 20.7 Å². The molecule has 2 aromatic carbocycles. The molecule has 8 heteroatoms. The summed E-state index contributed by atoms with van der Waals surface area (Å²) in [6, 6.07) is 13.5. The molecule has 0 bridgehead atoms. The summed E-state index contributed by atoms with van der Waals surface area (Å²) < 4.78 is 0. The third-order valence-electron chi connectivity index (χ3n) is 6.48. The molecule has 188 valence electrons. The van der Waals surface area contributed by atoms with Crippen LogP contribution in [0.2, 0.25) is 0 Å². The molecule has 0 radical (unpaired) electrons. The van der Waals surface area contributed by atoms with Crippen LogP contribution in [0.1, 0.15) is 60.7 Å². The Bertz CT molecular complexity index is 1280. The van der Waals surface area contributed by atoms with E-state index in [1.807, 2.05) is 62.5 Å². The van der Waals surface area contributed by atoms with Crippen LogP contribution in [-0.2, 0) is 6.54 Å². The highest BCUT2D eigenvalue weighted by molar-refractivity contribution is 7.13. The number of aliphatic hydroxyl groups excluding tert-OH is 1. The highest BCUT2D eigenvalue weighted by atomic mass is 32.1. The minimum Gasteiger partial charge on any atom is -0.393 e. The SMILES string of the molecule is Cc1ccc(C=NNC(=O)c2scc(C)c2NC(=O)c2cccc(CN3CCC(O)CC3)c2)cc1C. The Kier molecular flexibility index (Phi) is 8.30. The van der Waals surface area contributed by atoms with Crippen molar-refractivity contribution < 1.29 is 14.7 Å². The molecule has 3 aromatic rings. The molecule has 1 fully saturated rings. The number of carbonyl (C=O) groups excluding carboxylic acids is 2. The van der Waals surface area contributed by atoms with Gasteiger partial charge in [-0.15, -0.1) is 11.3 Å². The van der Waals surface area contributed by atoms with Gasteiger partial charge in [-0.05, 0) is 78.9 Å². The highest BCUT2D eigenvalue weighted by Crippen LogP contribution is 2.28. The summed E-state index contributed by atoms with van der Waals surface area (Å²) in [6.07, 6.45) is 2.95. The molecule has 2 amide bonds. The molecule has 0 aliphatic carbocycles. The Labute approximate surface area is 215 Å². The predicted octanol–water partition coefficient (Wildman–Crippen LogP) is 4.65. The summed E-state index contributed by atoms with van der Waals surface area (Å²) in [6.45, 7) is 8.36. The molecule has 7 nitrogen and oxygen atoms in total. The summed E-state index contributed by atoms with van der Waals surface area (Å²) >= 11 is 1.27. The maximum absolute atomic E-state index is 13.1. The summed E-state index contributed by atoms with van der Waals surface area (Å²) in [5.41, 5.74) is 8.72. The van der Waals surface area contributed by atoms with Crippen molar-refractivity contribution in [2.75, 3.05) is 18.4 Å². The van der Waals surface area contributed by atoms with E-state index < -0.39 is 0 Å². The number of hydrogen-bond acceptors (Lipinski definition) is 6. The van der Waals surface area contributed by atoms with E-state index in [9.17, 15) is 14.7 Å². The maximum atomic E-state index is 13.1. The van der Waals surface area contributed by atoms with Gasteiger partial charge in [0.25, 0.3) is 11.8 Å². The second-order valence-corrected chi connectivity index (χ2v) is 10.2. The second-order valence-electron chi connectivity index (χ2n) is 9.33. The first-order valence-corrected chi connectivity index (χ1v) is 13.0. The van der Waals surface area contributed by atoms with Crippen LogP contribution in [0.15, 0.2) is 52.9 Å². The fourth-order valence-corrected chi connectivity index (χ4v) is 5.06. The number of hydrogen-bond donors (Lipinski definition) is 3. The van der Waals surface area contributed by atoms with Crippen LogP contribution in [0.3, 0.4) is 0 Å². The number of nitrogens with one attached hydrogen (secondary N) is 2. The maximum Gasteiger partial charge on any atom is 0.283 e. The number of rotatable bonds is 7. The molecule has 36 heavy (non-hydrogen) atoms. The van der Waals surface area contributed by atoms with Gasteiger partial charge in [0.1, 0.15) is 4.88 Å². The molecule has 4 rings (SSSR count). The fourth-order valence-electron chi connectivity index (χ4n) is 4.16. The van der Waals surface area contributed by atoms with Gasteiger partial charge in [-0.1, -0.05) is 30.3 Å². The molecule has 1 aliphatic rings. The minimum absolute atomic E-state index is 0.212. The largest absolute Gasteiger partial charge is 0.393 e. The van der Waals surface area contributed by atoms with Gasteiger partial charge in [0.15, 0.2) is 0 Å². The number of thiophene rings is 1. The zero-order valence-electron chi connectivity index (χ0n) is 20.9. The van der Waals surface area contributed by atoms with Crippen LogP contribution in [0.4, 0.5) is 5.69 Å². The molecule has 0 atom stereocenters. The lowest BCUT2D eigenvalue weighted by Crippen LogP contribution is -2.35. The third-order valence-corrected chi connectivity index (χ3v) is 7.58. The van der Waals surface area contributed by atoms with Crippen LogP contribution in [-0.4, -0.2) is 47.2 Å². The average molecular weight is 505 g/mol. The van der Waals surface area contributed by atoms with Crippen molar-refractivity contribution >= 4 is 35.1 Å². The topological polar surface area (TPSA) is 94.0 Å². The normalized spacial score (nSPS) is 14.8. The number of likely N-dealkylation sites (tertiary alicyclic amines) is 1. The summed E-state index contributed by atoms with van der Waals surface area (Å²) in [5.74, 6) is -0.635. The van der Waals surface area contributed by atoms with Crippen molar-refractivity contribution in [1.82, 2.24) is 10.3 Å². The van der Waals surface area contributed by atoms with Crippen molar-refractivity contribution in [1.29, 1.82) is 0 Å². The number of piperidine rings is 1. The number of aryl methyl sites for hydroxylation is 3. The van der Waals surface area contributed by atoms with E-state index in [0.717, 1.165) is 54.7 Å². The molecule has 0 spiro atoms. The molecule has 1 saturated heterocycles. The van der Waals surface area contributed by atoms with Crippen LogP contribution in [0.5, 0.6) is 0 Å². The molecule has 1 aromatic heterocycles. The average Bonchev–Trinajstić information content (AvgIpc) is 3.23. The number of benzene rings is 2. The van der Waals surface area contributed by atoms with Crippen molar-refractivity contribution in [3.8, 4) is 0 Å². The van der Waals surface area contributed by atoms with Gasteiger partial charge in [-0.25, -0.2) is 5.43 Å². The van der Waals surface area contributed by atoms with Crippen molar-refractivity contribution in [2.45, 2.75) is 46.3 Å². The lowest BCUT2D eigenvalue weighted by molar-refractivity contribution is 0.0792. The van der Waals surface area contributed by atoms with E-state index in [1.54, 1.807) is 12.3 Å². The van der Waals surface area contributed by atoms with Gasteiger partial charge in [-0.3, -0.25) is 14.5 Å². The van der Waals surface area contributed by atoms with E-state index >= 15 is 0 Å². The number of carbonyl (C=O) groups is 2. The lowest BCUT2D eigenvalue weighted by Gasteiger charge is -2.29. The Hall–Kier alpha value is -3.33. The van der Waals surface area contributed by atoms with E-state index in [-0.39, 0.29) is 17.9 Å². The number of nitrogens with zero attached hydrogens (tertiary/aromatic N) is 2. The van der Waals surface area contributed by atoms with E-state index in [0.29, 0.717) is 16.1 Å². The first-order valence-electron chi connectivity index (χ1n) is 12.1. The van der Waals surface area contributed by atoms with Crippen LogP contribution >= 0.6 is 11.3 Å². The molecule has 3 N–H and O–H groups in total. The van der Waals surface area contributed by atoms with Crippen molar-refractivity contribution in [3.05, 3.63) is 86.1 Å². The fraction of sp³-hybridized carbons (Fsp3) is 0.321. The Morgan fingerprint density at radius 2 is 1.83 bits per heavy atom. The van der Waals surface area contributed by atoms with Gasteiger partial charge in [-0.2, -0.15) is 5.10 Å². The monoisotopic (exact) mass is 504 g/mol. The number of anilines is 1. The summed E-state index contributed by atoms with van der Waals surface area (Å²) in [4.78, 5) is 28.6. The van der Waals surface area contributed by atoms with Gasteiger partial charge >= 0.3 is 0 Å². The predicted molar refractivity (Wildman–Crippen MR) is 145 cm³/mol. The van der Waals surface area contributed by atoms with Crippen molar-refractivity contribution in [2.24, 2.45) is 5.10 Å². The Morgan fingerprint density at radius 1 is 1.06 bits per heavy atom. The summed E-state index contributed by atoms with van der Waals surface area (Å²) in [7, 11) is 0. The molecular formula is C28H32N4O3S. The van der Waals surface area contributed by atoms with E-state index in [4.69, 9.17) is 0 Å². The number of amides is 2.